The lowest BCUT2D eigenvalue weighted by Crippen LogP contribution is -2.35. The summed E-state index contributed by atoms with van der Waals surface area (Å²) in [7, 11) is 2.11. The highest BCUT2D eigenvalue weighted by Gasteiger charge is 2.20. The molecule has 2 aromatic rings. The Hall–Kier alpha value is -3.68. The summed E-state index contributed by atoms with van der Waals surface area (Å²) in [6.45, 7) is 13.7. The molecule has 2 aliphatic rings. The summed E-state index contributed by atoms with van der Waals surface area (Å²) in [4.78, 5) is 23.6. The second kappa shape index (κ2) is 12.0. The van der Waals surface area contributed by atoms with E-state index < -0.39 is 0 Å². The topological polar surface area (TPSA) is 79.4 Å². The molecule has 0 atom stereocenters. The van der Waals surface area contributed by atoms with Crippen LogP contribution >= 0.6 is 11.6 Å². The van der Waals surface area contributed by atoms with Crippen LogP contribution in [0.15, 0.2) is 73.0 Å². The molecule has 0 saturated carbocycles. The zero-order valence-electron chi connectivity index (χ0n) is 21.1. The molecule has 4 rings (SSSR count). The highest BCUT2D eigenvalue weighted by atomic mass is 35.5. The van der Waals surface area contributed by atoms with Gasteiger partial charge < -0.3 is 20.3 Å². The van der Waals surface area contributed by atoms with Crippen molar-refractivity contribution in [2.75, 3.05) is 30.8 Å². The predicted molar refractivity (Wildman–Crippen MR) is 152 cm³/mol. The van der Waals surface area contributed by atoms with Gasteiger partial charge in [0.1, 0.15) is 11.9 Å². The molecule has 8 heteroatoms. The van der Waals surface area contributed by atoms with E-state index in [1.54, 1.807) is 18.3 Å². The molecule has 1 fully saturated rings. The molecule has 1 aliphatic heterocycles. The molecule has 0 spiro atoms. The lowest BCUT2D eigenvalue weighted by atomic mass is 9.94. The molecule has 0 radical (unpaired) electrons. The van der Waals surface area contributed by atoms with Crippen molar-refractivity contribution in [3.8, 4) is 5.75 Å². The third kappa shape index (κ3) is 6.76. The quantitative estimate of drug-likeness (QED) is 0.379. The van der Waals surface area contributed by atoms with Gasteiger partial charge in [0.2, 0.25) is 11.9 Å². The van der Waals surface area contributed by atoms with E-state index in [-0.39, 0.29) is 12.0 Å². The number of ether oxygens (including phenoxy) is 1. The SMILES string of the molecule is C=CC(=O)Nc1cc(Nc2ncc(C=C)c(C(=C)C3=CC(Cl)=CCC3)n2)ccc1OC1CCN(C)CC1. The Morgan fingerprint density at radius 3 is 2.76 bits per heavy atom. The first kappa shape index (κ1) is 26.4. The van der Waals surface area contributed by atoms with E-state index in [4.69, 9.17) is 21.3 Å². The van der Waals surface area contributed by atoms with Gasteiger partial charge in [-0.3, -0.25) is 4.79 Å². The summed E-state index contributed by atoms with van der Waals surface area (Å²) in [6.07, 6.45) is 12.2. The number of allylic oxidation sites excluding steroid dienone is 5. The fraction of sp³-hybridized carbons (Fsp3) is 0.276. The number of rotatable bonds is 9. The highest BCUT2D eigenvalue weighted by molar-refractivity contribution is 6.31. The van der Waals surface area contributed by atoms with Gasteiger partial charge in [-0.1, -0.05) is 43.5 Å². The molecule has 7 nitrogen and oxygen atoms in total. The zero-order chi connectivity index (χ0) is 26.4. The molecule has 0 bridgehead atoms. The highest BCUT2D eigenvalue weighted by Crippen LogP contribution is 2.34. The van der Waals surface area contributed by atoms with Crippen molar-refractivity contribution in [1.29, 1.82) is 0 Å². The molecule has 1 saturated heterocycles. The minimum Gasteiger partial charge on any atom is -0.488 e. The number of carbonyl (C=O) groups excluding carboxylic acids is 1. The second-order valence-corrected chi connectivity index (χ2v) is 9.56. The number of hydrogen-bond donors (Lipinski definition) is 2. The van der Waals surface area contributed by atoms with E-state index in [0.717, 1.165) is 55.5 Å². The van der Waals surface area contributed by atoms with Gasteiger partial charge in [0.05, 0.1) is 11.4 Å². The van der Waals surface area contributed by atoms with Crippen LogP contribution in [0.4, 0.5) is 17.3 Å². The summed E-state index contributed by atoms with van der Waals surface area (Å²) >= 11 is 6.23. The first-order chi connectivity index (χ1) is 17.9. The number of carbonyl (C=O) groups is 1. The smallest absolute Gasteiger partial charge is 0.247 e. The third-order valence-electron chi connectivity index (χ3n) is 6.41. The van der Waals surface area contributed by atoms with E-state index in [2.05, 4.69) is 47.3 Å². The monoisotopic (exact) mass is 517 g/mol. The van der Waals surface area contributed by atoms with Crippen LogP contribution in [0.3, 0.4) is 0 Å². The van der Waals surface area contributed by atoms with Crippen molar-refractivity contribution in [2.45, 2.75) is 31.8 Å². The Morgan fingerprint density at radius 1 is 1.27 bits per heavy atom. The van der Waals surface area contributed by atoms with Gasteiger partial charge in [-0.15, -0.1) is 0 Å². The summed E-state index contributed by atoms with van der Waals surface area (Å²) in [5.41, 5.74) is 4.53. The fourth-order valence-corrected chi connectivity index (χ4v) is 4.54. The van der Waals surface area contributed by atoms with Crippen molar-refractivity contribution >= 4 is 46.5 Å². The summed E-state index contributed by atoms with van der Waals surface area (Å²) < 4.78 is 6.26. The molecular weight excluding hydrogens is 486 g/mol. The number of hydrogen-bond acceptors (Lipinski definition) is 6. The van der Waals surface area contributed by atoms with Crippen LogP contribution < -0.4 is 15.4 Å². The molecule has 0 unspecified atom stereocenters. The Kier molecular flexibility index (Phi) is 8.58. The van der Waals surface area contributed by atoms with Crippen LogP contribution in [0, 0.1) is 0 Å². The van der Waals surface area contributed by atoms with Crippen molar-refractivity contribution in [3.05, 3.63) is 84.2 Å². The predicted octanol–water partition coefficient (Wildman–Crippen LogP) is 6.32. The van der Waals surface area contributed by atoms with Gasteiger partial charge >= 0.3 is 0 Å². The Bertz CT molecular complexity index is 1280. The number of nitrogens with one attached hydrogen (secondary N) is 2. The van der Waals surface area contributed by atoms with E-state index in [1.807, 2.05) is 24.3 Å². The fourth-order valence-electron chi connectivity index (χ4n) is 4.30. The van der Waals surface area contributed by atoms with Gasteiger partial charge in [0.15, 0.2) is 0 Å². The summed E-state index contributed by atoms with van der Waals surface area (Å²) in [6, 6.07) is 5.53. The molecule has 2 N–H and O–H groups in total. The van der Waals surface area contributed by atoms with Gasteiger partial charge in [-0.25, -0.2) is 9.97 Å². The van der Waals surface area contributed by atoms with Crippen molar-refractivity contribution < 1.29 is 9.53 Å². The molecule has 1 aromatic carbocycles. The summed E-state index contributed by atoms with van der Waals surface area (Å²) in [5.74, 6) is 0.690. The Labute approximate surface area is 223 Å². The van der Waals surface area contributed by atoms with Gasteiger partial charge in [0, 0.05) is 35.6 Å². The number of nitrogens with zero attached hydrogens (tertiary/aromatic N) is 3. The van der Waals surface area contributed by atoms with Gasteiger partial charge in [-0.2, -0.15) is 0 Å². The number of amides is 1. The minimum atomic E-state index is -0.316. The van der Waals surface area contributed by atoms with E-state index in [0.29, 0.717) is 33.8 Å². The molecular formula is C29H32ClN5O2. The molecule has 1 aliphatic carbocycles. The summed E-state index contributed by atoms with van der Waals surface area (Å²) in [5, 5.41) is 6.79. The van der Waals surface area contributed by atoms with Crippen molar-refractivity contribution in [1.82, 2.24) is 14.9 Å². The van der Waals surface area contributed by atoms with Gasteiger partial charge in [0.25, 0.3) is 0 Å². The van der Waals surface area contributed by atoms with Crippen molar-refractivity contribution in [2.24, 2.45) is 0 Å². The largest absolute Gasteiger partial charge is 0.488 e. The van der Waals surface area contributed by atoms with E-state index in [1.165, 1.54) is 6.08 Å². The third-order valence-corrected chi connectivity index (χ3v) is 6.68. The standard InChI is InChI=1S/C29H32ClN5O2/c1-5-20-18-31-29(34-28(20)19(3)21-8-7-9-22(30)16-21)32-23-10-11-26(25(17-23)33-27(36)6-2)37-24-12-14-35(4)15-13-24/h5-6,9-11,16-18,24H,1-3,7-8,12-15H2,4H3,(H,33,36)(H,31,32,34). The zero-order valence-corrected chi connectivity index (χ0v) is 21.9. The van der Waals surface area contributed by atoms with E-state index >= 15 is 0 Å². The van der Waals surface area contributed by atoms with Crippen LogP contribution in [0.25, 0.3) is 11.6 Å². The maximum atomic E-state index is 12.1. The molecule has 1 aromatic heterocycles. The van der Waals surface area contributed by atoms with Crippen LogP contribution in [0.2, 0.25) is 0 Å². The molecule has 192 valence electrons. The van der Waals surface area contributed by atoms with E-state index in [9.17, 15) is 4.79 Å². The Morgan fingerprint density at radius 2 is 2.05 bits per heavy atom. The number of piperidine rings is 1. The minimum absolute atomic E-state index is 0.0928. The van der Waals surface area contributed by atoms with Crippen molar-refractivity contribution in [3.63, 3.8) is 0 Å². The average Bonchev–Trinajstić information content (AvgIpc) is 2.90. The maximum Gasteiger partial charge on any atom is 0.247 e. The first-order valence-electron chi connectivity index (χ1n) is 12.3. The maximum absolute atomic E-state index is 12.1. The Balaban J connectivity index is 1.58. The normalized spacial score (nSPS) is 16.3. The van der Waals surface area contributed by atoms with Crippen LogP contribution in [0.5, 0.6) is 5.75 Å². The van der Waals surface area contributed by atoms with Crippen LogP contribution in [-0.4, -0.2) is 47.0 Å². The second-order valence-electron chi connectivity index (χ2n) is 9.13. The number of aromatic nitrogens is 2. The average molecular weight is 518 g/mol. The first-order valence-corrected chi connectivity index (χ1v) is 12.7. The lowest BCUT2D eigenvalue weighted by molar-refractivity contribution is -0.111. The number of likely N-dealkylation sites (tertiary alicyclic amines) is 1. The van der Waals surface area contributed by atoms with Crippen LogP contribution in [-0.2, 0) is 4.79 Å². The lowest BCUT2D eigenvalue weighted by Gasteiger charge is -2.30. The number of anilines is 3. The molecule has 2 heterocycles. The van der Waals surface area contributed by atoms with Gasteiger partial charge in [-0.05, 0) is 74.2 Å². The molecule has 37 heavy (non-hydrogen) atoms. The van der Waals surface area contributed by atoms with Crippen LogP contribution in [0.1, 0.15) is 36.9 Å². The number of benzene rings is 1. The number of halogens is 1. The molecule has 1 amide bonds.